The molecular formula is C19H23BrN6O. The lowest BCUT2D eigenvalue weighted by Gasteiger charge is -2.15. The lowest BCUT2D eigenvalue weighted by atomic mass is 9.97. The van der Waals surface area contributed by atoms with E-state index in [2.05, 4.69) is 48.1 Å². The first-order chi connectivity index (χ1) is 13.1. The van der Waals surface area contributed by atoms with E-state index in [1.807, 2.05) is 0 Å². The third-order valence-corrected chi connectivity index (χ3v) is 4.94. The Labute approximate surface area is 167 Å². The fraction of sp³-hybridized carbons (Fsp3) is 0.316. The number of nitrogens with zero attached hydrogens (tertiary/aromatic N) is 2. The summed E-state index contributed by atoms with van der Waals surface area (Å²) < 4.78 is 0.909. The van der Waals surface area contributed by atoms with Gasteiger partial charge in [-0.1, -0.05) is 27.6 Å². The molecule has 1 aromatic heterocycles. The molecular weight excluding hydrogens is 408 g/mol. The minimum atomic E-state index is -0.278. The summed E-state index contributed by atoms with van der Waals surface area (Å²) in [7, 11) is 0. The van der Waals surface area contributed by atoms with Gasteiger partial charge in [-0.3, -0.25) is 15.6 Å². The number of benzene rings is 1. The van der Waals surface area contributed by atoms with Crippen LogP contribution in [-0.4, -0.2) is 22.4 Å². The minimum absolute atomic E-state index is 0.278. The van der Waals surface area contributed by atoms with Gasteiger partial charge in [0.15, 0.2) is 11.6 Å². The van der Waals surface area contributed by atoms with Crippen LogP contribution < -0.4 is 21.9 Å². The topological polar surface area (TPSA) is 105 Å². The highest BCUT2D eigenvalue weighted by Gasteiger charge is 2.10. The zero-order chi connectivity index (χ0) is 19.1. The number of anilines is 3. The van der Waals surface area contributed by atoms with Crippen molar-refractivity contribution in [3.8, 4) is 0 Å². The van der Waals surface area contributed by atoms with Crippen molar-refractivity contribution in [1.82, 2.24) is 15.4 Å². The summed E-state index contributed by atoms with van der Waals surface area (Å²) >= 11 is 3.34. The highest BCUT2D eigenvalue weighted by Crippen LogP contribution is 2.23. The SMILES string of the molecule is Nc1c(NCCC2=CCCCC2)ncnc1NNC(=O)c1ccc(Br)cc1. The van der Waals surface area contributed by atoms with Crippen molar-refractivity contribution in [2.45, 2.75) is 32.1 Å². The maximum absolute atomic E-state index is 12.2. The molecule has 2 aromatic rings. The van der Waals surface area contributed by atoms with Crippen LogP contribution in [0, 0.1) is 0 Å². The van der Waals surface area contributed by atoms with Gasteiger partial charge in [-0.05, 0) is 56.4 Å². The van der Waals surface area contributed by atoms with Crippen molar-refractivity contribution >= 4 is 39.2 Å². The summed E-state index contributed by atoms with van der Waals surface area (Å²) in [6.07, 6.45) is 9.63. The minimum Gasteiger partial charge on any atom is -0.393 e. The first kappa shape index (κ1) is 19.2. The third kappa shape index (κ3) is 5.43. The van der Waals surface area contributed by atoms with E-state index < -0.39 is 0 Å². The van der Waals surface area contributed by atoms with Crippen LogP contribution >= 0.6 is 15.9 Å². The van der Waals surface area contributed by atoms with Crippen LogP contribution in [0.1, 0.15) is 42.5 Å². The number of hydrazine groups is 1. The average Bonchev–Trinajstić information content (AvgIpc) is 2.69. The van der Waals surface area contributed by atoms with Crippen LogP contribution in [0.2, 0.25) is 0 Å². The Kier molecular flexibility index (Phi) is 6.64. The molecule has 1 amide bonds. The number of rotatable bonds is 7. The van der Waals surface area contributed by atoms with Gasteiger partial charge in [0, 0.05) is 16.6 Å². The summed E-state index contributed by atoms with van der Waals surface area (Å²) in [5.74, 6) is 0.635. The van der Waals surface area contributed by atoms with Crippen LogP contribution in [0.25, 0.3) is 0 Å². The maximum atomic E-state index is 12.2. The Morgan fingerprint density at radius 1 is 1.15 bits per heavy atom. The van der Waals surface area contributed by atoms with Gasteiger partial charge in [-0.25, -0.2) is 9.97 Å². The van der Waals surface area contributed by atoms with E-state index in [0.29, 0.717) is 22.9 Å². The monoisotopic (exact) mass is 430 g/mol. The van der Waals surface area contributed by atoms with Gasteiger partial charge in [0.05, 0.1) is 0 Å². The highest BCUT2D eigenvalue weighted by atomic mass is 79.9. The van der Waals surface area contributed by atoms with Gasteiger partial charge in [0.2, 0.25) is 0 Å². The van der Waals surface area contributed by atoms with Gasteiger partial charge < -0.3 is 11.1 Å². The number of carbonyl (C=O) groups excluding carboxylic acids is 1. The fourth-order valence-corrected chi connectivity index (χ4v) is 3.16. The number of halogens is 1. The lowest BCUT2D eigenvalue weighted by Crippen LogP contribution is -2.30. The first-order valence-corrected chi connectivity index (χ1v) is 9.77. The van der Waals surface area contributed by atoms with Crippen LogP contribution in [0.3, 0.4) is 0 Å². The van der Waals surface area contributed by atoms with Gasteiger partial charge in [-0.15, -0.1) is 0 Å². The zero-order valence-corrected chi connectivity index (χ0v) is 16.6. The number of allylic oxidation sites excluding steroid dienone is 1. The summed E-state index contributed by atoms with van der Waals surface area (Å²) in [5.41, 5.74) is 13.9. The molecule has 3 rings (SSSR count). The molecule has 0 aliphatic heterocycles. The predicted molar refractivity (Wildman–Crippen MR) is 111 cm³/mol. The maximum Gasteiger partial charge on any atom is 0.269 e. The standard InChI is InChI=1S/C19H23BrN6O/c20-15-8-6-14(7-9-15)19(27)26-25-18-16(21)17(23-12-24-18)22-11-10-13-4-2-1-3-5-13/h4,6-9,12H,1-3,5,10-11,21H2,(H,26,27)(H2,22,23,24,25). The van der Waals surface area contributed by atoms with Crippen LogP contribution in [0.15, 0.2) is 46.7 Å². The first-order valence-electron chi connectivity index (χ1n) is 8.97. The van der Waals surface area contributed by atoms with E-state index in [4.69, 9.17) is 5.73 Å². The number of hydrogen-bond acceptors (Lipinski definition) is 6. The van der Waals surface area contributed by atoms with Crippen molar-refractivity contribution in [2.24, 2.45) is 0 Å². The Hall–Kier alpha value is -2.61. The van der Waals surface area contributed by atoms with E-state index in [1.54, 1.807) is 24.3 Å². The number of aromatic nitrogens is 2. The number of nitrogen functional groups attached to an aromatic ring is 1. The van der Waals surface area contributed by atoms with Crippen LogP contribution in [-0.2, 0) is 0 Å². The Morgan fingerprint density at radius 2 is 1.93 bits per heavy atom. The Balaban J connectivity index is 1.55. The summed E-state index contributed by atoms with van der Waals surface area (Å²) in [4.78, 5) is 20.5. The van der Waals surface area contributed by atoms with Gasteiger partial charge in [0.25, 0.3) is 5.91 Å². The van der Waals surface area contributed by atoms with Crippen LogP contribution in [0.5, 0.6) is 0 Å². The van der Waals surface area contributed by atoms with Crippen molar-refractivity contribution in [2.75, 3.05) is 23.0 Å². The van der Waals surface area contributed by atoms with Crippen molar-refractivity contribution in [3.05, 3.63) is 52.3 Å². The third-order valence-electron chi connectivity index (χ3n) is 4.41. The van der Waals surface area contributed by atoms with Crippen LogP contribution in [0.4, 0.5) is 17.3 Å². The number of carbonyl (C=O) groups is 1. The van der Waals surface area contributed by atoms with E-state index in [9.17, 15) is 4.79 Å². The molecule has 1 heterocycles. The molecule has 0 unspecified atom stereocenters. The molecule has 0 fully saturated rings. The molecule has 5 N–H and O–H groups in total. The molecule has 0 spiro atoms. The molecule has 1 aliphatic carbocycles. The van der Waals surface area contributed by atoms with Crippen molar-refractivity contribution in [3.63, 3.8) is 0 Å². The fourth-order valence-electron chi connectivity index (χ4n) is 2.90. The summed E-state index contributed by atoms with van der Waals surface area (Å²) in [5, 5.41) is 3.25. The van der Waals surface area contributed by atoms with Gasteiger partial charge in [0.1, 0.15) is 12.0 Å². The molecule has 7 nitrogen and oxygen atoms in total. The quantitative estimate of drug-likeness (QED) is 0.392. The van der Waals surface area contributed by atoms with E-state index in [-0.39, 0.29) is 5.91 Å². The predicted octanol–water partition coefficient (Wildman–Crippen LogP) is 3.88. The normalized spacial score (nSPS) is 13.6. The molecule has 1 aromatic carbocycles. The summed E-state index contributed by atoms with van der Waals surface area (Å²) in [6, 6.07) is 7.05. The van der Waals surface area contributed by atoms with Gasteiger partial charge >= 0.3 is 0 Å². The molecule has 0 atom stereocenters. The lowest BCUT2D eigenvalue weighted by molar-refractivity contribution is 0.0962. The molecule has 0 saturated carbocycles. The summed E-state index contributed by atoms with van der Waals surface area (Å²) in [6.45, 7) is 0.762. The molecule has 142 valence electrons. The second kappa shape index (κ2) is 9.36. The molecule has 8 heteroatoms. The number of hydrogen-bond donors (Lipinski definition) is 4. The highest BCUT2D eigenvalue weighted by molar-refractivity contribution is 9.10. The molecule has 0 bridgehead atoms. The Bertz CT molecular complexity index is 821. The number of nitrogens with one attached hydrogen (secondary N) is 3. The zero-order valence-electron chi connectivity index (χ0n) is 15.0. The molecule has 0 saturated heterocycles. The molecule has 0 radical (unpaired) electrons. The smallest absolute Gasteiger partial charge is 0.269 e. The van der Waals surface area contributed by atoms with Gasteiger partial charge in [-0.2, -0.15) is 0 Å². The molecule has 1 aliphatic rings. The average molecular weight is 431 g/mol. The van der Waals surface area contributed by atoms with E-state index in [1.165, 1.54) is 37.6 Å². The van der Waals surface area contributed by atoms with Crippen molar-refractivity contribution in [1.29, 1.82) is 0 Å². The van der Waals surface area contributed by atoms with Crippen molar-refractivity contribution < 1.29 is 4.79 Å². The van der Waals surface area contributed by atoms with E-state index >= 15 is 0 Å². The number of amides is 1. The molecule has 27 heavy (non-hydrogen) atoms. The second-order valence-corrected chi connectivity index (χ2v) is 7.27. The number of nitrogens with two attached hydrogens (primary N) is 1. The largest absolute Gasteiger partial charge is 0.393 e. The Morgan fingerprint density at radius 3 is 2.67 bits per heavy atom. The van der Waals surface area contributed by atoms with E-state index in [0.717, 1.165) is 17.4 Å². The second-order valence-electron chi connectivity index (χ2n) is 6.36.